The normalized spacial score (nSPS) is 10.5. The maximum atomic E-state index is 4.64. The number of hydrogen-bond acceptors (Lipinski definition) is 0. The van der Waals surface area contributed by atoms with Gasteiger partial charge in [0.05, 0.1) is 0 Å². The number of rotatable bonds is 21. The first kappa shape index (κ1) is 33.6. The minimum Gasteiger partial charge on any atom is -0.130 e. The highest BCUT2D eigenvalue weighted by Crippen LogP contribution is 2.39. The van der Waals surface area contributed by atoms with Crippen molar-refractivity contribution in [1.82, 2.24) is 0 Å². The molecule has 0 amide bonds. The molecular weight excluding hydrogens is 395 g/mol. The fourth-order valence-electron chi connectivity index (χ4n) is 3.68. The lowest BCUT2D eigenvalue weighted by Crippen LogP contribution is -1.97. The fraction of sp³-hybridized carbons (Fsp3) is 1.00. The summed E-state index contributed by atoms with van der Waals surface area (Å²) in [5, 5.41) is 0. The second-order valence-electron chi connectivity index (χ2n) is 8.14. The molecule has 0 N–H and O–H groups in total. The Hall–Kier alpha value is 0.937. The molecule has 28 heavy (non-hydrogen) atoms. The van der Waals surface area contributed by atoms with Gasteiger partial charge in [0.15, 0.2) is 0 Å². The van der Waals surface area contributed by atoms with Gasteiger partial charge in [-0.05, 0) is 48.7 Å². The van der Waals surface area contributed by atoms with E-state index in [-0.39, 0.29) is 11.0 Å². The molecule has 0 spiro atoms. The van der Waals surface area contributed by atoms with Crippen molar-refractivity contribution in [1.29, 1.82) is 0 Å². The number of halogens is 1. The molecule has 3 heteroatoms. The van der Waals surface area contributed by atoms with E-state index in [4.69, 9.17) is 0 Å². The summed E-state index contributed by atoms with van der Waals surface area (Å²) in [5.41, 5.74) is 0. The van der Waals surface area contributed by atoms with Gasteiger partial charge in [-0.1, -0.05) is 117 Å². The molecule has 0 bridgehead atoms. The predicted octanol–water partition coefficient (Wildman–Crippen LogP) is 8.95. The first-order valence-corrected chi connectivity index (χ1v) is 15.1. The van der Waals surface area contributed by atoms with Gasteiger partial charge in [0.1, 0.15) is 0 Å². The van der Waals surface area contributed by atoms with Crippen LogP contribution in [0.1, 0.15) is 136 Å². The van der Waals surface area contributed by atoms with Crippen LogP contribution in [0.2, 0.25) is 0 Å². The summed E-state index contributed by atoms with van der Waals surface area (Å²) < 4.78 is 0. The van der Waals surface area contributed by atoms with Crippen LogP contribution in [0.5, 0.6) is 0 Å². The molecule has 0 aliphatic carbocycles. The smallest absolute Gasteiger partial charge is 0.0108 e. The highest BCUT2D eigenvalue weighted by Gasteiger charge is 2.07. The zero-order chi connectivity index (χ0) is 20.4. The number of unbranched alkanes of at least 4 members (excludes halogenated alkanes) is 15. The molecule has 0 radical (unpaired) electrons. The summed E-state index contributed by atoms with van der Waals surface area (Å²) in [5.74, 6) is 0. The zero-order valence-electron chi connectivity index (χ0n) is 19.7. The van der Waals surface area contributed by atoms with Crippen LogP contribution in [0.4, 0.5) is 0 Å². The Balaban J connectivity index is -0.00000201. The second kappa shape index (κ2) is 32.6. The van der Waals surface area contributed by atoms with E-state index in [1.165, 1.54) is 122 Å². The van der Waals surface area contributed by atoms with Gasteiger partial charge in [0.25, 0.3) is 0 Å². The van der Waals surface area contributed by atoms with Crippen molar-refractivity contribution < 1.29 is 0 Å². The van der Waals surface area contributed by atoms with Crippen LogP contribution < -0.4 is 0 Å². The molecule has 0 fully saturated rings. The van der Waals surface area contributed by atoms with Crippen molar-refractivity contribution in [2.45, 2.75) is 136 Å². The third-order valence-electron chi connectivity index (χ3n) is 5.48. The lowest BCUT2D eigenvalue weighted by Gasteiger charge is -2.18. The molecule has 0 saturated heterocycles. The Morgan fingerprint density at radius 1 is 0.393 bits per heavy atom. The first-order valence-electron chi connectivity index (χ1n) is 12.4. The van der Waals surface area contributed by atoms with Crippen LogP contribution in [-0.4, -0.2) is 35.8 Å². The monoisotopic (exact) mass is 452 g/mol. The summed E-state index contributed by atoms with van der Waals surface area (Å²) in [6.07, 6.45) is 32.7. The zero-order valence-corrected chi connectivity index (χ0v) is 21.3. The van der Waals surface area contributed by atoms with Crippen LogP contribution >= 0.6 is 19.5 Å². The minimum atomic E-state index is 0. The van der Waals surface area contributed by atoms with E-state index in [2.05, 4.69) is 32.4 Å². The van der Waals surface area contributed by atoms with Crippen LogP contribution in [-0.2, 0) is 0 Å². The van der Waals surface area contributed by atoms with Crippen molar-refractivity contribution in [3.63, 3.8) is 0 Å². The van der Waals surface area contributed by atoms with E-state index in [9.17, 15) is 0 Å². The Labute approximate surface area is 191 Å². The molecule has 0 aromatic carbocycles. The van der Waals surface area contributed by atoms with Gasteiger partial charge in [-0.3, -0.25) is 0 Å². The predicted molar refractivity (Wildman–Crippen MR) is 145 cm³/mol. The second-order valence-corrected chi connectivity index (χ2v) is 10.8. The molecule has 174 valence electrons. The van der Waals surface area contributed by atoms with E-state index in [0.717, 1.165) is 0 Å². The highest BCUT2D eigenvalue weighted by molar-refractivity contribution is 7.57. The van der Waals surface area contributed by atoms with Crippen molar-refractivity contribution in [3.05, 3.63) is 0 Å². The van der Waals surface area contributed by atoms with Crippen molar-refractivity contribution in [2.24, 2.45) is 0 Å². The largest absolute Gasteiger partial charge is 0.130 e. The minimum absolute atomic E-state index is 0. The van der Waals surface area contributed by atoms with Gasteiger partial charge in [-0.15, -0.1) is 19.5 Å². The summed E-state index contributed by atoms with van der Waals surface area (Å²) in [6.45, 7) is 6.96. The maximum Gasteiger partial charge on any atom is 0.0108 e. The summed E-state index contributed by atoms with van der Waals surface area (Å²) in [6, 6.07) is 0. The highest BCUT2D eigenvalue weighted by atomic mass is 35.5. The SMILES string of the molecule is CCCCCCCCP(CCCCCCCC)CCCCCCCC.CCl.[SiH4]. The molecule has 0 heterocycles. The Morgan fingerprint density at radius 3 is 0.857 bits per heavy atom. The standard InChI is InChI=1S/C24H51P.CH3Cl.H4Si/c1-4-7-10-13-16-19-22-25(23-20-17-14-11-8-5-2)24-21-18-15-12-9-6-3;1-2;/h4-24H2,1-3H3;1H3;1H4. The van der Waals surface area contributed by atoms with Gasteiger partial charge < -0.3 is 0 Å². The van der Waals surface area contributed by atoms with Crippen LogP contribution in [0, 0.1) is 0 Å². The first-order chi connectivity index (χ1) is 13.3. The van der Waals surface area contributed by atoms with Crippen LogP contribution in [0.25, 0.3) is 0 Å². The van der Waals surface area contributed by atoms with E-state index in [1.807, 2.05) is 0 Å². The molecule has 0 aromatic rings. The Kier molecular flexibility index (Phi) is 39.1. The maximum absolute atomic E-state index is 4.64. The lowest BCUT2D eigenvalue weighted by molar-refractivity contribution is 0.617. The summed E-state index contributed by atoms with van der Waals surface area (Å²) >= 11 is 4.64. The molecule has 0 rings (SSSR count). The Morgan fingerprint density at radius 2 is 0.607 bits per heavy atom. The van der Waals surface area contributed by atoms with Crippen molar-refractivity contribution in [3.8, 4) is 0 Å². The average molecular weight is 453 g/mol. The van der Waals surface area contributed by atoms with Crippen LogP contribution in [0.15, 0.2) is 0 Å². The van der Waals surface area contributed by atoms with Crippen molar-refractivity contribution >= 4 is 30.5 Å². The van der Waals surface area contributed by atoms with E-state index < -0.39 is 0 Å². The number of alkyl halides is 1. The molecule has 0 aromatic heterocycles. The van der Waals surface area contributed by atoms with E-state index in [1.54, 1.807) is 18.5 Å². The van der Waals surface area contributed by atoms with Gasteiger partial charge in [0, 0.05) is 6.38 Å². The third-order valence-corrected chi connectivity index (χ3v) is 8.33. The third kappa shape index (κ3) is 29.1. The van der Waals surface area contributed by atoms with Gasteiger partial charge in [0.2, 0.25) is 0 Å². The fourth-order valence-corrected chi connectivity index (χ4v) is 6.37. The topological polar surface area (TPSA) is 0 Å². The molecule has 0 saturated carbocycles. The molecule has 0 unspecified atom stereocenters. The average Bonchev–Trinajstić information content (AvgIpc) is 2.70. The van der Waals surface area contributed by atoms with Gasteiger partial charge in [-0.25, -0.2) is 0 Å². The number of hydrogen-bond donors (Lipinski definition) is 0. The van der Waals surface area contributed by atoms with Crippen molar-refractivity contribution in [2.75, 3.05) is 24.9 Å². The molecule has 0 nitrogen and oxygen atoms in total. The molecule has 0 aliphatic heterocycles. The van der Waals surface area contributed by atoms with E-state index >= 15 is 0 Å². The molecule has 0 aliphatic rings. The van der Waals surface area contributed by atoms with Gasteiger partial charge in [-0.2, -0.15) is 0 Å². The summed E-state index contributed by atoms with van der Waals surface area (Å²) in [7, 11) is 0.366. The Bertz CT molecular complexity index is 201. The van der Waals surface area contributed by atoms with E-state index in [0.29, 0.717) is 7.92 Å². The quantitative estimate of drug-likeness (QED) is 0.0704. The molecular formula is C25H58ClPSi. The molecule has 0 atom stereocenters. The lowest BCUT2D eigenvalue weighted by atomic mass is 10.1. The van der Waals surface area contributed by atoms with Crippen LogP contribution in [0.3, 0.4) is 0 Å². The van der Waals surface area contributed by atoms with Gasteiger partial charge >= 0.3 is 0 Å². The summed E-state index contributed by atoms with van der Waals surface area (Å²) in [4.78, 5) is 0.